The van der Waals surface area contributed by atoms with Gasteiger partial charge in [0, 0.05) is 62.5 Å². The molecule has 144 valence electrons. The number of nitrogens with zero attached hydrogens (tertiary/aromatic N) is 4. The van der Waals surface area contributed by atoms with Crippen molar-refractivity contribution in [2.24, 2.45) is 11.3 Å². The number of rotatable bonds is 5. The molecule has 0 spiro atoms. The normalized spacial score (nSPS) is 25.4. The Morgan fingerprint density at radius 3 is 2.64 bits per heavy atom. The number of hydrogen-bond acceptors (Lipinski definition) is 5. The number of pyridine rings is 1. The molecule has 2 atom stereocenters. The second-order valence-electron chi connectivity index (χ2n) is 8.07. The first-order valence-corrected chi connectivity index (χ1v) is 9.62. The van der Waals surface area contributed by atoms with Crippen LogP contribution in [0.5, 0.6) is 0 Å². The molecule has 28 heavy (non-hydrogen) atoms. The van der Waals surface area contributed by atoms with Gasteiger partial charge in [-0.15, -0.1) is 0 Å². The van der Waals surface area contributed by atoms with Gasteiger partial charge in [0.25, 0.3) is 0 Å². The van der Waals surface area contributed by atoms with Crippen LogP contribution < -0.4 is 0 Å². The second kappa shape index (κ2) is 6.68. The molecule has 0 amide bonds. The van der Waals surface area contributed by atoms with Gasteiger partial charge in [-0.2, -0.15) is 0 Å². The zero-order valence-electron chi connectivity index (χ0n) is 15.6. The van der Waals surface area contributed by atoms with Crippen LogP contribution >= 0.6 is 0 Å². The van der Waals surface area contributed by atoms with Crippen LogP contribution in [-0.2, 0) is 17.9 Å². The van der Waals surface area contributed by atoms with Crippen molar-refractivity contribution < 1.29 is 9.90 Å². The van der Waals surface area contributed by atoms with Gasteiger partial charge in [-0.25, -0.2) is 4.98 Å². The van der Waals surface area contributed by atoms with Crippen LogP contribution in [0.1, 0.15) is 11.4 Å². The summed E-state index contributed by atoms with van der Waals surface area (Å²) in [5, 5.41) is 11.2. The molecule has 2 aliphatic rings. The van der Waals surface area contributed by atoms with E-state index < -0.39 is 11.4 Å². The number of carbonyl (C=O) groups is 1. The van der Waals surface area contributed by atoms with Crippen molar-refractivity contribution in [3.8, 4) is 0 Å². The van der Waals surface area contributed by atoms with E-state index in [2.05, 4.69) is 38.0 Å². The molecule has 0 unspecified atom stereocenters. The topological polar surface area (TPSA) is 85.3 Å². The number of aromatic amines is 1. The van der Waals surface area contributed by atoms with Crippen molar-refractivity contribution in [1.82, 2.24) is 24.8 Å². The predicted octanol–water partition coefficient (Wildman–Crippen LogP) is 1.98. The maximum Gasteiger partial charge on any atom is 0.312 e. The Kier molecular flexibility index (Phi) is 4.14. The van der Waals surface area contributed by atoms with Gasteiger partial charge in [-0.3, -0.25) is 19.6 Å². The molecule has 7 nitrogen and oxygen atoms in total. The van der Waals surface area contributed by atoms with E-state index in [4.69, 9.17) is 4.98 Å². The monoisotopic (exact) mass is 377 g/mol. The lowest BCUT2D eigenvalue weighted by Gasteiger charge is -2.25. The molecule has 0 radical (unpaired) electrons. The molecule has 2 N–H and O–H groups in total. The SMILES string of the molecule is O=C(O)[C@@]12CN(Cc3ccc4ccccc4n3)C[C@@H]1CN(Cc1cnc[nH]1)C2. The Balaban J connectivity index is 1.31. The number of benzene rings is 1. The summed E-state index contributed by atoms with van der Waals surface area (Å²) in [5.41, 5.74) is 2.31. The molecule has 7 heteroatoms. The number of nitrogens with one attached hydrogen (secondary N) is 1. The number of fused-ring (bicyclic) bond motifs is 2. The molecule has 2 aromatic heterocycles. The van der Waals surface area contributed by atoms with Crippen LogP contribution in [0.25, 0.3) is 10.9 Å². The van der Waals surface area contributed by atoms with E-state index in [1.165, 1.54) is 0 Å². The Morgan fingerprint density at radius 1 is 1.14 bits per heavy atom. The molecule has 4 heterocycles. The highest BCUT2D eigenvalue weighted by Gasteiger charge is 2.57. The first-order chi connectivity index (χ1) is 13.6. The minimum absolute atomic E-state index is 0.133. The third-order valence-corrected chi connectivity index (χ3v) is 6.17. The summed E-state index contributed by atoms with van der Waals surface area (Å²) in [6.07, 6.45) is 3.47. The molecule has 5 rings (SSSR count). The van der Waals surface area contributed by atoms with Gasteiger partial charge in [0.2, 0.25) is 0 Å². The van der Waals surface area contributed by atoms with Gasteiger partial charge >= 0.3 is 5.97 Å². The van der Waals surface area contributed by atoms with E-state index in [0.29, 0.717) is 19.6 Å². The van der Waals surface area contributed by atoms with Gasteiger partial charge in [0.05, 0.1) is 23.0 Å². The fraction of sp³-hybridized carbons (Fsp3) is 0.381. The summed E-state index contributed by atoms with van der Waals surface area (Å²) in [6.45, 7) is 4.15. The van der Waals surface area contributed by atoms with Crippen molar-refractivity contribution in [1.29, 1.82) is 0 Å². The molecule has 2 aliphatic heterocycles. The third kappa shape index (κ3) is 2.96. The fourth-order valence-electron chi connectivity index (χ4n) is 4.85. The summed E-state index contributed by atoms with van der Waals surface area (Å²) >= 11 is 0. The zero-order chi connectivity index (χ0) is 19.1. The quantitative estimate of drug-likeness (QED) is 0.707. The van der Waals surface area contributed by atoms with E-state index in [1.54, 1.807) is 12.5 Å². The van der Waals surface area contributed by atoms with E-state index in [9.17, 15) is 9.90 Å². The molecular formula is C21H23N5O2. The number of aromatic nitrogens is 3. The average molecular weight is 377 g/mol. The predicted molar refractivity (Wildman–Crippen MR) is 104 cm³/mol. The van der Waals surface area contributed by atoms with Crippen LogP contribution in [0.3, 0.4) is 0 Å². The van der Waals surface area contributed by atoms with E-state index in [0.717, 1.165) is 41.9 Å². The van der Waals surface area contributed by atoms with Crippen LogP contribution in [0.2, 0.25) is 0 Å². The number of carboxylic acid groups (broad SMARTS) is 1. The van der Waals surface area contributed by atoms with Gasteiger partial charge in [-0.05, 0) is 12.1 Å². The molecule has 3 aromatic rings. The largest absolute Gasteiger partial charge is 0.481 e. The number of carboxylic acids is 1. The van der Waals surface area contributed by atoms with Crippen LogP contribution in [-0.4, -0.2) is 62.0 Å². The maximum atomic E-state index is 12.2. The summed E-state index contributed by atoms with van der Waals surface area (Å²) in [7, 11) is 0. The highest BCUT2D eigenvalue weighted by Crippen LogP contribution is 2.43. The van der Waals surface area contributed by atoms with E-state index in [1.807, 2.05) is 18.2 Å². The van der Waals surface area contributed by atoms with Gasteiger partial charge < -0.3 is 10.1 Å². The Morgan fingerprint density at radius 2 is 1.93 bits per heavy atom. The molecule has 1 aromatic carbocycles. The Labute approximate surface area is 163 Å². The Hall–Kier alpha value is -2.77. The smallest absolute Gasteiger partial charge is 0.312 e. The lowest BCUT2D eigenvalue weighted by Crippen LogP contribution is -2.40. The number of para-hydroxylation sites is 1. The zero-order valence-corrected chi connectivity index (χ0v) is 15.6. The van der Waals surface area contributed by atoms with Gasteiger partial charge in [-0.1, -0.05) is 24.3 Å². The van der Waals surface area contributed by atoms with Crippen LogP contribution in [0.15, 0.2) is 48.9 Å². The van der Waals surface area contributed by atoms with Crippen LogP contribution in [0, 0.1) is 11.3 Å². The van der Waals surface area contributed by atoms with E-state index >= 15 is 0 Å². The number of likely N-dealkylation sites (tertiary alicyclic amines) is 2. The fourth-order valence-corrected chi connectivity index (χ4v) is 4.85. The highest BCUT2D eigenvalue weighted by molar-refractivity contribution is 5.78. The lowest BCUT2D eigenvalue weighted by atomic mass is 9.81. The summed E-state index contributed by atoms with van der Waals surface area (Å²) in [4.78, 5) is 28.6. The minimum atomic E-state index is -0.698. The van der Waals surface area contributed by atoms with Crippen molar-refractivity contribution in [3.63, 3.8) is 0 Å². The number of H-pyrrole nitrogens is 1. The third-order valence-electron chi connectivity index (χ3n) is 6.17. The first-order valence-electron chi connectivity index (χ1n) is 9.62. The minimum Gasteiger partial charge on any atom is -0.481 e. The summed E-state index contributed by atoms with van der Waals surface area (Å²) in [5.74, 6) is -0.549. The van der Waals surface area contributed by atoms with Crippen molar-refractivity contribution in [2.45, 2.75) is 13.1 Å². The molecular weight excluding hydrogens is 354 g/mol. The first kappa shape index (κ1) is 17.3. The van der Waals surface area contributed by atoms with Crippen molar-refractivity contribution >= 4 is 16.9 Å². The highest BCUT2D eigenvalue weighted by atomic mass is 16.4. The number of hydrogen-bond donors (Lipinski definition) is 2. The number of imidazole rings is 1. The second-order valence-corrected chi connectivity index (χ2v) is 8.07. The molecule has 0 aliphatic carbocycles. The van der Waals surface area contributed by atoms with Gasteiger partial charge in [0.15, 0.2) is 0 Å². The standard InChI is InChI=1S/C21H23N5O2/c27-20(28)21-12-25(10-17-6-5-15-3-1-2-4-19(15)24-17)8-16(21)9-26(13-21)11-18-7-22-14-23-18/h1-7,14,16H,8-13H2,(H,22,23)(H,27,28)/t16-,21-/m1/s1. The van der Waals surface area contributed by atoms with Crippen molar-refractivity contribution in [2.75, 3.05) is 26.2 Å². The Bertz CT molecular complexity index is 1000. The molecule has 2 saturated heterocycles. The van der Waals surface area contributed by atoms with Crippen molar-refractivity contribution in [3.05, 3.63) is 60.3 Å². The average Bonchev–Trinajstić information content (AvgIpc) is 3.37. The van der Waals surface area contributed by atoms with Gasteiger partial charge in [0.1, 0.15) is 0 Å². The summed E-state index contributed by atoms with van der Waals surface area (Å²) < 4.78 is 0. The number of aliphatic carboxylic acids is 1. The summed E-state index contributed by atoms with van der Waals surface area (Å²) in [6, 6.07) is 12.2. The molecule has 0 saturated carbocycles. The van der Waals surface area contributed by atoms with Crippen LogP contribution in [0.4, 0.5) is 0 Å². The molecule has 2 fully saturated rings. The molecule has 0 bridgehead atoms. The maximum absolute atomic E-state index is 12.2. The lowest BCUT2D eigenvalue weighted by molar-refractivity contribution is -0.149. The van der Waals surface area contributed by atoms with E-state index in [-0.39, 0.29) is 5.92 Å².